The third-order valence-corrected chi connectivity index (χ3v) is 6.97. The fourth-order valence-electron chi connectivity index (χ4n) is 3.63. The number of aryl methyl sites for hydroxylation is 2. The highest BCUT2D eigenvalue weighted by Gasteiger charge is 2.31. The topological polar surface area (TPSA) is 12.0 Å². The monoisotopic (exact) mass is 371 g/mol. The average molecular weight is 372 g/mol. The van der Waals surface area contributed by atoms with Crippen molar-refractivity contribution in [1.29, 1.82) is 0 Å². The molecule has 0 saturated heterocycles. The Labute approximate surface area is 143 Å². The van der Waals surface area contributed by atoms with E-state index >= 15 is 0 Å². The fraction of sp³-hybridized carbons (Fsp3) is 0.778. The molecule has 1 saturated carbocycles. The molecule has 0 amide bonds. The SMILES string of the molecule is Cc1cc(Br)c(CCC2(CCNC(C)C)CCCCC2)s1. The van der Waals surface area contributed by atoms with Crippen LogP contribution in [0.4, 0.5) is 0 Å². The fourth-order valence-corrected chi connectivity index (χ4v) is 5.50. The van der Waals surface area contributed by atoms with Crippen LogP contribution in [0.2, 0.25) is 0 Å². The summed E-state index contributed by atoms with van der Waals surface area (Å²) >= 11 is 5.70. The van der Waals surface area contributed by atoms with E-state index in [2.05, 4.69) is 48.1 Å². The van der Waals surface area contributed by atoms with Gasteiger partial charge in [-0.05, 0) is 73.0 Å². The molecule has 0 bridgehead atoms. The predicted molar refractivity (Wildman–Crippen MR) is 98.4 cm³/mol. The van der Waals surface area contributed by atoms with E-state index < -0.39 is 0 Å². The summed E-state index contributed by atoms with van der Waals surface area (Å²) in [5.74, 6) is 0. The van der Waals surface area contributed by atoms with Crippen molar-refractivity contribution in [1.82, 2.24) is 5.32 Å². The molecule has 1 aromatic rings. The summed E-state index contributed by atoms with van der Waals surface area (Å²) in [5.41, 5.74) is 0.595. The van der Waals surface area contributed by atoms with Gasteiger partial charge in [0, 0.05) is 20.3 Å². The van der Waals surface area contributed by atoms with Crippen molar-refractivity contribution in [2.24, 2.45) is 5.41 Å². The molecule has 1 aliphatic rings. The molecule has 1 fully saturated rings. The van der Waals surface area contributed by atoms with Crippen LogP contribution in [0.25, 0.3) is 0 Å². The van der Waals surface area contributed by atoms with E-state index in [9.17, 15) is 0 Å². The number of hydrogen-bond acceptors (Lipinski definition) is 2. The Morgan fingerprint density at radius 3 is 2.52 bits per heavy atom. The molecule has 0 aliphatic heterocycles. The highest BCUT2D eigenvalue weighted by Crippen LogP contribution is 2.44. The molecule has 0 spiro atoms. The zero-order valence-corrected chi connectivity index (χ0v) is 16.2. The molecule has 1 aromatic heterocycles. The van der Waals surface area contributed by atoms with Crippen molar-refractivity contribution in [2.75, 3.05) is 6.54 Å². The Kier molecular flexibility index (Phi) is 6.77. The second kappa shape index (κ2) is 8.12. The molecule has 0 unspecified atom stereocenters. The first-order valence-electron chi connectivity index (χ1n) is 8.49. The molecule has 1 nitrogen and oxygen atoms in total. The van der Waals surface area contributed by atoms with Crippen LogP contribution in [0.1, 0.15) is 68.5 Å². The van der Waals surface area contributed by atoms with E-state index in [1.54, 1.807) is 4.88 Å². The first-order valence-corrected chi connectivity index (χ1v) is 10.1. The Morgan fingerprint density at radius 2 is 1.95 bits per heavy atom. The molecule has 2 rings (SSSR count). The summed E-state index contributed by atoms with van der Waals surface area (Å²) < 4.78 is 1.33. The zero-order chi connectivity index (χ0) is 15.3. The first-order chi connectivity index (χ1) is 10.0. The average Bonchev–Trinajstić information content (AvgIpc) is 2.76. The zero-order valence-electron chi connectivity index (χ0n) is 13.8. The molecule has 0 atom stereocenters. The number of hydrogen-bond donors (Lipinski definition) is 1. The van der Waals surface area contributed by atoms with Crippen molar-refractivity contribution in [2.45, 2.75) is 78.2 Å². The molecule has 1 aliphatic carbocycles. The van der Waals surface area contributed by atoms with E-state index in [4.69, 9.17) is 0 Å². The minimum atomic E-state index is 0.595. The quantitative estimate of drug-likeness (QED) is 0.611. The third kappa shape index (κ3) is 5.37. The summed E-state index contributed by atoms with van der Waals surface area (Å²) in [7, 11) is 0. The molecule has 0 radical (unpaired) electrons. The van der Waals surface area contributed by atoms with Crippen LogP contribution >= 0.6 is 27.3 Å². The van der Waals surface area contributed by atoms with Crippen LogP contribution in [0, 0.1) is 12.3 Å². The summed E-state index contributed by atoms with van der Waals surface area (Å²) in [6.07, 6.45) is 11.2. The van der Waals surface area contributed by atoms with Gasteiger partial charge in [-0.15, -0.1) is 11.3 Å². The summed E-state index contributed by atoms with van der Waals surface area (Å²) in [4.78, 5) is 2.98. The standard InChI is InChI=1S/C18H30BrNS/c1-14(2)20-12-11-18(8-5-4-6-9-18)10-7-17-16(19)13-15(3)21-17/h13-14,20H,4-12H2,1-3H3. The van der Waals surface area contributed by atoms with Crippen molar-refractivity contribution in [3.63, 3.8) is 0 Å². The second-order valence-corrected chi connectivity index (χ2v) is 9.24. The smallest absolute Gasteiger partial charge is 0.0317 e. The highest BCUT2D eigenvalue weighted by molar-refractivity contribution is 9.10. The Balaban J connectivity index is 1.93. The van der Waals surface area contributed by atoms with Gasteiger partial charge in [-0.2, -0.15) is 0 Å². The summed E-state index contributed by atoms with van der Waals surface area (Å²) in [5, 5.41) is 3.62. The van der Waals surface area contributed by atoms with E-state index in [1.807, 2.05) is 11.3 Å². The van der Waals surface area contributed by atoms with Gasteiger partial charge in [0.1, 0.15) is 0 Å². The number of halogens is 1. The minimum absolute atomic E-state index is 0.595. The van der Waals surface area contributed by atoms with Gasteiger partial charge in [0.05, 0.1) is 0 Å². The van der Waals surface area contributed by atoms with E-state index in [1.165, 1.54) is 67.3 Å². The molecule has 1 heterocycles. The van der Waals surface area contributed by atoms with Crippen LogP contribution in [0.15, 0.2) is 10.5 Å². The first kappa shape index (κ1) is 17.5. The Bertz CT molecular complexity index is 432. The van der Waals surface area contributed by atoms with E-state index in [0.29, 0.717) is 11.5 Å². The third-order valence-electron chi connectivity index (χ3n) is 4.89. The molecule has 21 heavy (non-hydrogen) atoms. The van der Waals surface area contributed by atoms with Crippen molar-refractivity contribution in [3.8, 4) is 0 Å². The molecule has 3 heteroatoms. The molecule has 120 valence electrons. The minimum Gasteiger partial charge on any atom is -0.315 e. The van der Waals surface area contributed by atoms with Crippen molar-refractivity contribution in [3.05, 3.63) is 20.3 Å². The van der Waals surface area contributed by atoms with Gasteiger partial charge in [0.2, 0.25) is 0 Å². The van der Waals surface area contributed by atoms with Crippen LogP contribution in [0.3, 0.4) is 0 Å². The maximum Gasteiger partial charge on any atom is 0.0317 e. The number of nitrogens with one attached hydrogen (secondary N) is 1. The van der Waals surface area contributed by atoms with Crippen LogP contribution in [-0.4, -0.2) is 12.6 Å². The lowest BCUT2D eigenvalue weighted by Crippen LogP contribution is -2.32. The number of rotatable bonds is 7. The molecular weight excluding hydrogens is 342 g/mol. The lowest BCUT2D eigenvalue weighted by Gasteiger charge is -2.38. The molecule has 0 aromatic carbocycles. The van der Waals surface area contributed by atoms with Gasteiger partial charge in [-0.1, -0.05) is 33.1 Å². The van der Waals surface area contributed by atoms with Gasteiger partial charge >= 0.3 is 0 Å². The van der Waals surface area contributed by atoms with Gasteiger partial charge in [-0.25, -0.2) is 0 Å². The largest absolute Gasteiger partial charge is 0.315 e. The normalized spacial score (nSPS) is 18.3. The lowest BCUT2D eigenvalue weighted by atomic mass is 9.69. The Morgan fingerprint density at radius 1 is 1.24 bits per heavy atom. The summed E-state index contributed by atoms with van der Waals surface area (Å²) in [6.45, 7) is 7.89. The van der Waals surface area contributed by atoms with Crippen LogP contribution in [-0.2, 0) is 6.42 Å². The van der Waals surface area contributed by atoms with Crippen LogP contribution in [0.5, 0.6) is 0 Å². The maximum atomic E-state index is 3.73. The van der Waals surface area contributed by atoms with Gasteiger partial charge in [0.25, 0.3) is 0 Å². The van der Waals surface area contributed by atoms with E-state index in [-0.39, 0.29) is 0 Å². The lowest BCUT2D eigenvalue weighted by molar-refractivity contribution is 0.156. The number of thiophene rings is 1. The molecular formula is C18H30BrNS. The predicted octanol–water partition coefficient (Wildman–Crippen LogP) is 6.09. The van der Waals surface area contributed by atoms with Gasteiger partial charge in [-0.3, -0.25) is 0 Å². The maximum absolute atomic E-state index is 3.73. The highest BCUT2D eigenvalue weighted by atomic mass is 79.9. The second-order valence-electron chi connectivity index (χ2n) is 7.05. The van der Waals surface area contributed by atoms with Crippen LogP contribution < -0.4 is 5.32 Å². The Hall–Kier alpha value is 0.140. The van der Waals surface area contributed by atoms with Gasteiger partial charge in [0.15, 0.2) is 0 Å². The van der Waals surface area contributed by atoms with Crippen molar-refractivity contribution >= 4 is 27.3 Å². The van der Waals surface area contributed by atoms with Crippen molar-refractivity contribution < 1.29 is 0 Å². The van der Waals surface area contributed by atoms with Gasteiger partial charge < -0.3 is 5.32 Å². The molecule has 1 N–H and O–H groups in total. The summed E-state index contributed by atoms with van der Waals surface area (Å²) in [6, 6.07) is 2.88. The van der Waals surface area contributed by atoms with E-state index in [0.717, 1.165) is 0 Å².